The first-order valence-electron chi connectivity index (χ1n) is 9.80. The molecule has 1 atom stereocenters. The van der Waals surface area contributed by atoms with E-state index in [4.69, 9.17) is 9.47 Å². The van der Waals surface area contributed by atoms with E-state index in [1.165, 1.54) is 36.1 Å². The predicted molar refractivity (Wildman–Crippen MR) is 119 cm³/mol. The van der Waals surface area contributed by atoms with Crippen LogP contribution in [0.4, 0.5) is 5.69 Å². The van der Waals surface area contributed by atoms with E-state index in [1.807, 2.05) is 18.2 Å². The molecule has 0 unspecified atom stereocenters. The molecule has 3 aromatic rings. The van der Waals surface area contributed by atoms with Gasteiger partial charge < -0.3 is 14.8 Å². The minimum atomic E-state index is -3.86. The fourth-order valence-electron chi connectivity index (χ4n) is 3.69. The summed E-state index contributed by atoms with van der Waals surface area (Å²) in [6.07, 6.45) is 2.97. The molecule has 0 saturated carbocycles. The number of anilines is 1. The molecule has 0 aliphatic carbocycles. The lowest BCUT2D eigenvalue weighted by Crippen LogP contribution is -2.43. The molecular weight excluding hydrogens is 438 g/mol. The van der Waals surface area contributed by atoms with Gasteiger partial charge in [0.2, 0.25) is 15.9 Å². The fraction of sp³-hybridized carbons (Fsp3) is 0.333. The molecule has 4 rings (SSSR count). The van der Waals surface area contributed by atoms with Crippen LogP contribution < -0.4 is 14.8 Å². The Labute approximate surface area is 185 Å². The molecule has 0 spiro atoms. The molecule has 164 valence electrons. The number of nitrogens with one attached hydrogen (secondary N) is 1. The molecule has 1 fully saturated rings. The van der Waals surface area contributed by atoms with Crippen LogP contribution in [0.3, 0.4) is 0 Å². The smallest absolute Gasteiger partial charge is 0.246 e. The van der Waals surface area contributed by atoms with Gasteiger partial charge in [0.1, 0.15) is 16.4 Å². The number of methoxy groups -OCH3 is 2. The van der Waals surface area contributed by atoms with Crippen molar-refractivity contribution >= 4 is 43.2 Å². The zero-order valence-corrected chi connectivity index (χ0v) is 18.8. The van der Waals surface area contributed by atoms with Crippen molar-refractivity contribution in [1.82, 2.24) is 8.68 Å². The number of fused-ring (bicyclic) bond motifs is 1. The van der Waals surface area contributed by atoms with E-state index in [9.17, 15) is 13.2 Å². The van der Waals surface area contributed by atoms with E-state index in [0.717, 1.165) is 10.1 Å². The summed E-state index contributed by atoms with van der Waals surface area (Å²) < 4.78 is 43.6. The van der Waals surface area contributed by atoms with E-state index in [-0.39, 0.29) is 23.1 Å². The van der Waals surface area contributed by atoms with Gasteiger partial charge in [0.25, 0.3) is 0 Å². The van der Waals surface area contributed by atoms with Crippen LogP contribution in [0.5, 0.6) is 11.5 Å². The minimum Gasteiger partial charge on any atom is -0.497 e. The number of piperidine rings is 1. The first kappa shape index (κ1) is 21.5. The highest BCUT2D eigenvalue weighted by atomic mass is 32.2. The number of hydrogen-bond acceptors (Lipinski definition) is 7. The van der Waals surface area contributed by atoms with Gasteiger partial charge in [-0.05, 0) is 54.7 Å². The van der Waals surface area contributed by atoms with Crippen molar-refractivity contribution in [3.63, 3.8) is 0 Å². The number of nitrogens with zero attached hydrogens (tertiary/aromatic N) is 2. The van der Waals surface area contributed by atoms with Gasteiger partial charge in [-0.1, -0.05) is 0 Å². The van der Waals surface area contributed by atoms with Crippen molar-refractivity contribution in [2.45, 2.75) is 17.7 Å². The van der Waals surface area contributed by atoms with Gasteiger partial charge in [0.05, 0.1) is 24.8 Å². The number of hydrogen-bond donors (Lipinski definition) is 1. The number of sulfonamides is 1. The molecule has 0 bridgehead atoms. The molecular formula is C21H23N3O5S2. The summed E-state index contributed by atoms with van der Waals surface area (Å²) >= 11 is 1.39. The number of benzene rings is 2. The fourth-order valence-corrected chi connectivity index (χ4v) is 6.01. The second-order valence-electron chi connectivity index (χ2n) is 7.29. The second-order valence-corrected chi connectivity index (χ2v) is 10.0. The molecule has 1 aliphatic rings. The van der Waals surface area contributed by atoms with Crippen LogP contribution in [0, 0.1) is 5.92 Å². The topological polar surface area (TPSA) is 97.8 Å². The van der Waals surface area contributed by atoms with Crippen molar-refractivity contribution in [2.24, 2.45) is 5.92 Å². The zero-order valence-electron chi connectivity index (χ0n) is 17.2. The number of carbonyl (C=O) groups excluding carboxylic acids is 1. The first-order valence-corrected chi connectivity index (χ1v) is 12.0. The van der Waals surface area contributed by atoms with Crippen LogP contribution in [0.2, 0.25) is 0 Å². The Kier molecular flexibility index (Phi) is 6.12. The van der Waals surface area contributed by atoms with E-state index in [0.29, 0.717) is 30.8 Å². The Morgan fingerprint density at radius 2 is 2.03 bits per heavy atom. The third-order valence-electron chi connectivity index (χ3n) is 5.36. The summed E-state index contributed by atoms with van der Waals surface area (Å²) in [6, 6.07) is 10.3. The van der Waals surface area contributed by atoms with Crippen LogP contribution >= 0.6 is 11.5 Å². The standard InChI is InChI=1S/C21H23N3O5S2/c1-28-17-6-7-18(29-2)20(11-17)31(26,27)24-9-3-4-14(13-24)21(25)23-16-5-8-19-15(10-16)12-22-30-19/h5-8,10-12,14H,3-4,9,13H2,1-2H3,(H,23,25)/t14-/m1/s1. The molecule has 2 aromatic carbocycles. The minimum absolute atomic E-state index is 0.0332. The van der Waals surface area contributed by atoms with E-state index in [1.54, 1.807) is 18.3 Å². The van der Waals surface area contributed by atoms with Gasteiger partial charge in [0.15, 0.2) is 0 Å². The van der Waals surface area contributed by atoms with Crippen molar-refractivity contribution < 1.29 is 22.7 Å². The summed E-state index contributed by atoms with van der Waals surface area (Å²) in [4.78, 5) is 12.9. The Hall–Kier alpha value is -2.69. The normalized spacial score (nSPS) is 17.4. The summed E-state index contributed by atoms with van der Waals surface area (Å²) in [6.45, 7) is 0.454. The number of carbonyl (C=O) groups is 1. The van der Waals surface area contributed by atoms with Crippen LogP contribution in [-0.4, -0.2) is 50.3 Å². The van der Waals surface area contributed by atoms with Crippen LogP contribution in [-0.2, 0) is 14.8 Å². The largest absolute Gasteiger partial charge is 0.497 e. The van der Waals surface area contributed by atoms with Crippen molar-refractivity contribution in [2.75, 3.05) is 32.6 Å². The van der Waals surface area contributed by atoms with Crippen LogP contribution in [0.25, 0.3) is 10.1 Å². The molecule has 31 heavy (non-hydrogen) atoms. The van der Waals surface area contributed by atoms with E-state index in [2.05, 4.69) is 9.69 Å². The predicted octanol–water partition coefficient (Wildman–Crippen LogP) is 3.35. The van der Waals surface area contributed by atoms with Gasteiger partial charge >= 0.3 is 0 Å². The highest BCUT2D eigenvalue weighted by molar-refractivity contribution is 7.89. The van der Waals surface area contributed by atoms with Gasteiger partial charge in [0, 0.05) is 36.4 Å². The van der Waals surface area contributed by atoms with E-state index < -0.39 is 15.9 Å². The lowest BCUT2D eigenvalue weighted by molar-refractivity contribution is -0.120. The van der Waals surface area contributed by atoms with Crippen LogP contribution in [0.15, 0.2) is 47.5 Å². The highest BCUT2D eigenvalue weighted by Crippen LogP contribution is 2.33. The summed E-state index contributed by atoms with van der Waals surface area (Å²) in [5.74, 6) is 0.0190. The van der Waals surface area contributed by atoms with Crippen molar-refractivity contribution in [1.29, 1.82) is 0 Å². The number of amides is 1. The Morgan fingerprint density at radius 1 is 1.19 bits per heavy atom. The zero-order chi connectivity index (χ0) is 22.0. The Balaban J connectivity index is 1.53. The maximum absolute atomic E-state index is 13.3. The molecule has 1 aliphatic heterocycles. The van der Waals surface area contributed by atoms with E-state index >= 15 is 0 Å². The molecule has 1 N–H and O–H groups in total. The number of aromatic nitrogens is 1. The number of rotatable bonds is 6. The lowest BCUT2D eigenvalue weighted by Gasteiger charge is -2.31. The van der Waals surface area contributed by atoms with Crippen molar-refractivity contribution in [3.8, 4) is 11.5 Å². The third-order valence-corrected chi connectivity index (χ3v) is 8.03. The number of ether oxygens (including phenoxy) is 2. The average molecular weight is 462 g/mol. The molecule has 1 saturated heterocycles. The van der Waals surface area contributed by atoms with Crippen molar-refractivity contribution in [3.05, 3.63) is 42.6 Å². The second kappa shape index (κ2) is 8.81. The SMILES string of the molecule is COc1ccc(OC)c(S(=O)(=O)N2CCC[C@@H](C(=O)Nc3ccc4sncc4c3)C2)c1. The maximum Gasteiger partial charge on any atom is 0.246 e. The molecule has 0 radical (unpaired) electrons. The summed E-state index contributed by atoms with van der Waals surface area (Å²) in [5, 5.41) is 3.88. The molecule has 10 heteroatoms. The monoisotopic (exact) mass is 461 g/mol. The Morgan fingerprint density at radius 3 is 2.81 bits per heavy atom. The summed E-state index contributed by atoms with van der Waals surface area (Å²) in [5.41, 5.74) is 0.673. The Bertz CT molecular complexity index is 1210. The average Bonchev–Trinajstić information content (AvgIpc) is 3.26. The molecule has 8 nitrogen and oxygen atoms in total. The molecule has 2 heterocycles. The first-order chi connectivity index (χ1) is 14.9. The van der Waals surface area contributed by atoms with Gasteiger partial charge in [-0.25, -0.2) is 8.42 Å². The van der Waals surface area contributed by atoms with Gasteiger partial charge in [-0.3, -0.25) is 4.79 Å². The molecule has 1 amide bonds. The maximum atomic E-state index is 13.3. The van der Waals surface area contributed by atoms with Gasteiger partial charge in [-0.2, -0.15) is 8.68 Å². The quantitative estimate of drug-likeness (QED) is 0.605. The van der Waals surface area contributed by atoms with Crippen LogP contribution in [0.1, 0.15) is 12.8 Å². The molecule has 1 aromatic heterocycles. The summed E-state index contributed by atoms with van der Waals surface area (Å²) in [7, 11) is -0.958. The van der Waals surface area contributed by atoms with Gasteiger partial charge in [-0.15, -0.1) is 0 Å². The lowest BCUT2D eigenvalue weighted by atomic mass is 9.98. The highest BCUT2D eigenvalue weighted by Gasteiger charge is 2.35. The third kappa shape index (κ3) is 4.36.